The third-order valence-corrected chi connectivity index (χ3v) is 4.70. The van der Waals surface area contributed by atoms with Crippen molar-refractivity contribution in [2.45, 2.75) is 64.0 Å². The summed E-state index contributed by atoms with van der Waals surface area (Å²) in [7, 11) is 0. The van der Waals surface area contributed by atoms with Crippen molar-refractivity contribution in [1.82, 2.24) is 10.6 Å². The molecule has 1 aliphatic heterocycles. The van der Waals surface area contributed by atoms with Gasteiger partial charge in [-0.05, 0) is 32.2 Å². The Labute approximate surface area is 110 Å². The molecular formula is C14H26N2O2. The van der Waals surface area contributed by atoms with Crippen LogP contribution in [-0.2, 0) is 4.79 Å². The van der Waals surface area contributed by atoms with E-state index in [1.807, 2.05) is 0 Å². The van der Waals surface area contributed by atoms with Crippen LogP contribution in [0.15, 0.2) is 0 Å². The zero-order valence-corrected chi connectivity index (χ0v) is 11.4. The Kier molecular flexibility index (Phi) is 4.62. The second-order valence-corrected chi connectivity index (χ2v) is 5.85. The van der Waals surface area contributed by atoms with Gasteiger partial charge in [0.1, 0.15) is 0 Å². The van der Waals surface area contributed by atoms with E-state index in [1.54, 1.807) is 0 Å². The highest BCUT2D eigenvalue weighted by Crippen LogP contribution is 2.30. The Morgan fingerprint density at radius 2 is 2.17 bits per heavy atom. The Bertz CT molecular complexity index is 288. The van der Waals surface area contributed by atoms with Crippen molar-refractivity contribution in [3.8, 4) is 0 Å². The number of aliphatic hydroxyl groups excluding tert-OH is 1. The van der Waals surface area contributed by atoms with Crippen molar-refractivity contribution >= 4 is 5.91 Å². The Balaban J connectivity index is 1.96. The molecule has 0 bridgehead atoms. The number of hydrogen-bond acceptors (Lipinski definition) is 3. The first kappa shape index (κ1) is 13.8. The van der Waals surface area contributed by atoms with Crippen LogP contribution < -0.4 is 10.6 Å². The van der Waals surface area contributed by atoms with Gasteiger partial charge in [-0.15, -0.1) is 0 Å². The second-order valence-electron chi connectivity index (χ2n) is 5.85. The highest BCUT2D eigenvalue weighted by atomic mass is 16.3. The largest absolute Gasteiger partial charge is 0.391 e. The lowest BCUT2D eigenvalue weighted by atomic mass is 9.83. The van der Waals surface area contributed by atoms with Gasteiger partial charge in [-0.1, -0.05) is 26.2 Å². The molecule has 4 heteroatoms. The zero-order chi connectivity index (χ0) is 13.0. The molecule has 3 unspecified atom stereocenters. The Hall–Kier alpha value is -0.610. The van der Waals surface area contributed by atoms with Gasteiger partial charge in [0.05, 0.1) is 17.6 Å². The van der Waals surface area contributed by atoms with Crippen molar-refractivity contribution in [3.05, 3.63) is 0 Å². The number of rotatable bonds is 3. The minimum absolute atomic E-state index is 0.0379. The molecule has 3 N–H and O–H groups in total. The van der Waals surface area contributed by atoms with Crippen molar-refractivity contribution in [2.24, 2.45) is 5.41 Å². The maximum atomic E-state index is 12.5. The molecule has 1 saturated carbocycles. The van der Waals surface area contributed by atoms with Crippen LogP contribution in [0.2, 0.25) is 0 Å². The molecule has 2 fully saturated rings. The standard InChI is InChI=1S/C14H26N2O2/c1-2-14(8-9-15-10-14)13(18)16-11-6-4-3-5-7-12(11)17/h11-12,15,17H,2-10H2,1H3,(H,16,18). The first-order valence-corrected chi connectivity index (χ1v) is 7.38. The molecule has 1 saturated heterocycles. The molecule has 104 valence electrons. The fourth-order valence-electron chi connectivity index (χ4n) is 3.18. The van der Waals surface area contributed by atoms with E-state index in [0.717, 1.165) is 51.6 Å². The minimum Gasteiger partial charge on any atom is -0.391 e. The third kappa shape index (κ3) is 2.86. The molecule has 1 amide bonds. The predicted octanol–water partition coefficient (Wildman–Crippen LogP) is 1.19. The van der Waals surface area contributed by atoms with E-state index >= 15 is 0 Å². The summed E-state index contributed by atoms with van der Waals surface area (Å²) in [5, 5.41) is 16.5. The van der Waals surface area contributed by atoms with Gasteiger partial charge in [0.2, 0.25) is 5.91 Å². The maximum absolute atomic E-state index is 12.5. The molecule has 0 radical (unpaired) electrons. The highest BCUT2D eigenvalue weighted by molar-refractivity contribution is 5.83. The molecular weight excluding hydrogens is 228 g/mol. The number of amides is 1. The van der Waals surface area contributed by atoms with Crippen molar-refractivity contribution in [2.75, 3.05) is 13.1 Å². The SMILES string of the molecule is CCC1(C(=O)NC2CCCCCC2O)CCNC1. The summed E-state index contributed by atoms with van der Waals surface area (Å²) in [5.74, 6) is 0.140. The summed E-state index contributed by atoms with van der Waals surface area (Å²) in [6.07, 6.45) is 6.52. The van der Waals surface area contributed by atoms with E-state index in [0.29, 0.717) is 0 Å². The molecule has 0 aromatic rings. The van der Waals surface area contributed by atoms with Crippen LogP contribution in [0.3, 0.4) is 0 Å². The molecule has 3 atom stereocenters. The van der Waals surface area contributed by atoms with Gasteiger partial charge >= 0.3 is 0 Å². The van der Waals surface area contributed by atoms with Gasteiger partial charge in [0, 0.05) is 6.54 Å². The number of hydrogen-bond donors (Lipinski definition) is 3. The Morgan fingerprint density at radius 1 is 1.39 bits per heavy atom. The fourth-order valence-corrected chi connectivity index (χ4v) is 3.18. The molecule has 1 aliphatic carbocycles. The van der Waals surface area contributed by atoms with Crippen LogP contribution in [-0.4, -0.2) is 36.2 Å². The normalized spacial score (nSPS) is 37.2. The predicted molar refractivity (Wildman–Crippen MR) is 71.2 cm³/mol. The molecule has 2 rings (SSSR count). The summed E-state index contributed by atoms with van der Waals surface area (Å²) in [4.78, 5) is 12.5. The van der Waals surface area contributed by atoms with Crippen molar-refractivity contribution in [3.63, 3.8) is 0 Å². The first-order chi connectivity index (χ1) is 8.68. The zero-order valence-electron chi connectivity index (χ0n) is 11.4. The maximum Gasteiger partial charge on any atom is 0.227 e. The number of aliphatic hydroxyl groups is 1. The highest BCUT2D eigenvalue weighted by Gasteiger charge is 2.40. The van der Waals surface area contributed by atoms with Crippen LogP contribution in [0.5, 0.6) is 0 Å². The van der Waals surface area contributed by atoms with Crippen LogP contribution >= 0.6 is 0 Å². The number of carbonyl (C=O) groups excluding carboxylic acids is 1. The molecule has 0 aromatic carbocycles. The minimum atomic E-state index is -0.361. The quantitative estimate of drug-likeness (QED) is 0.663. The summed E-state index contributed by atoms with van der Waals surface area (Å²) in [6.45, 7) is 3.78. The lowest BCUT2D eigenvalue weighted by molar-refractivity contribution is -0.132. The number of carbonyl (C=O) groups is 1. The van der Waals surface area contributed by atoms with E-state index in [9.17, 15) is 9.90 Å². The lowest BCUT2D eigenvalue weighted by Gasteiger charge is -2.30. The molecule has 4 nitrogen and oxygen atoms in total. The van der Waals surface area contributed by atoms with Crippen molar-refractivity contribution in [1.29, 1.82) is 0 Å². The van der Waals surface area contributed by atoms with Crippen LogP contribution in [0.4, 0.5) is 0 Å². The van der Waals surface area contributed by atoms with E-state index in [-0.39, 0.29) is 23.5 Å². The summed E-state index contributed by atoms with van der Waals surface area (Å²) in [6, 6.07) is -0.0379. The van der Waals surface area contributed by atoms with Gasteiger partial charge in [-0.3, -0.25) is 4.79 Å². The van der Waals surface area contributed by atoms with Crippen LogP contribution in [0.1, 0.15) is 51.9 Å². The first-order valence-electron chi connectivity index (χ1n) is 7.38. The Morgan fingerprint density at radius 3 is 2.83 bits per heavy atom. The summed E-state index contributed by atoms with van der Waals surface area (Å²) >= 11 is 0. The fraction of sp³-hybridized carbons (Fsp3) is 0.929. The van der Waals surface area contributed by atoms with Crippen LogP contribution in [0.25, 0.3) is 0 Å². The van der Waals surface area contributed by atoms with Crippen molar-refractivity contribution < 1.29 is 9.90 Å². The third-order valence-electron chi connectivity index (χ3n) is 4.70. The molecule has 0 aromatic heterocycles. The topological polar surface area (TPSA) is 61.4 Å². The van der Waals surface area contributed by atoms with E-state index in [1.165, 1.54) is 6.42 Å². The molecule has 0 spiro atoms. The van der Waals surface area contributed by atoms with Gasteiger partial charge in [0.15, 0.2) is 0 Å². The lowest BCUT2D eigenvalue weighted by Crippen LogP contribution is -2.50. The van der Waals surface area contributed by atoms with Crippen LogP contribution in [0, 0.1) is 5.41 Å². The molecule has 1 heterocycles. The monoisotopic (exact) mass is 254 g/mol. The summed E-state index contributed by atoms with van der Waals surface area (Å²) in [5.41, 5.74) is -0.244. The van der Waals surface area contributed by atoms with E-state index in [2.05, 4.69) is 17.6 Å². The van der Waals surface area contributed by atoms with Gasteiger partial charge < -0.3 is 15.7 Å². The molecule has 18 heavy (non-hydrogen) atoms. The average molecular weight is 254 g/mol. The summed E-state index contributed by atoms with van der Waals surface area (Å²) < 4.78 is 0. The van der Waals surface area contributed by atoms with E-state index < -0.39 is 0 Å². The molecule has 2 aliphatic rings. The smallest absolute Gasteiger partial charge is 0.227 e. The van der Waals surface area contributed by atoms with Gasteiger partial charge in [-0.2, -0.15) is 0 Å². The second kappa shape index (κ2) is 6.02. The van der Waals surface area contributed by atoms with E-state index in [4.69, 9.17) is 0 Å². The average Bonchev–Trinajstić information content (AvgIpc) is 2.78. The number of nitrogens with one attached hydrogen (secondary N) is 2. The van der Waals surface area contributed by atoms with Gasteiger partial charge in [0.25, 0.3) is 0 Å². The van der Waals surface area contributed by atoms with Gasteiger partial charge in [-0.25, -0.2) is 0 Å².